The molecule has 5 heteroatoms. The molecule has 4 nitrogen and oxygen atoms in total. The van der Waals surface area contributed by atoms with E-state index in [4.69, 9.17) is 0 Å². The first kappa shape index (κ1) is 13.5. The third kappa shape index (κ3) is 2.83. The predicted molar refractivity (Wildman–Crippen MR) is 76.4 cm³/mol. The van der Waals surface area contributed by atoms with E-state index in [2.05, 4.69) is 10.2 Å². The molecule has 1 aromatic rings. The van der Waals surface area contributed by atoms with E-state index in [1.54, 1.807) is 11.0 Å². The number of nitrogens with one attached hydrogen (secondary N) is 1. The van der Waals surface area contributed by atoms with Crippen LogP contribution < -0.4 is 10.2 Å². The molecule has 108 valence electrons. The number of benzene rings is 1. The van der Waals surface area contributed by atoms with Crippen molar-refractivity contribution in [2.45, 2.75) is 12.8 Å². The van der Waals surface area contributed by atoms with Crippen LogP contribution in [0.5, 0.6) is 0 Å². The molecule has 0 aromatic heterocycles. The second kappa shape index (κ2) is 5.89. The Morgan fingerprint density at radius 3 is 3.05 bits per heavy atom. The highest BCUT2D eigenvalue weighted by molar-refractivity contribution is 5.96. The summed E-state index contributed by atoms with van der Waals surface area (Å²) in [5.74, 6) is -0.196. The van der Waals surface area contributed by atoms with Crippen molar-refractivity contribution in [2.24, 2.45) is 0 Å². The maximum absolute atomic E-state index is 13.4. The summed E-state index contributed by atoms with van der Waals surface area (Å²) in [7, 11) is 0. The van der Waals surface area contributed by atoms with Gasteiger partial charge in [0.05, 0.1) is 6.54 Å². The normalized spacial score (nSPS) is 19.8. The quantitative estimate of drug-likeness (QED) is 0.876. The Labute approximate surface area is 118 Å². The van der Waals surface area contributed by atoms with Gasteiger partial charge in [0, 0.05) is 25.3 Å². The SMILES string of the molecule is O=C(CN1CCCNCC1)N1CCc2ccc(F)cc21. The van der Waals surface area contributed by atoms with Crippen LogP contribution >= 0.6 is 0 Å². The van der Waals surface area contributed by atoms with Crippen LogP contribution in [-0.2, 0) is 11.2 Å². The van der Waals surface area contributed by atoms with Gasteiger partial charge < -0.3 is 10.2 Å². The van der Waals surface area contributed by atoms with Gasteiger partial charge in [-0.25, -0.2) is 4.39 Å². The van der Waals surface area contributed by atoms with Gasteiger partial charge in [0.15, 0.2) is 0 Å². The summed E-state index contributed by atoms with van der Waals surface area (Å²) in [5, 5.41) is 3.33. The molecule has 0 aliphatic carbocycles. The summed E-state index contributed by atoms with van der Waals surface area (Å²) in [6, 6.07) is 4.73. The van der Waals surface area contributed by atoms with E-state index in [0.29, 0.717) is 13.1 Å². The fourth-order valence-corrected chi connectivity index (χ4v) is 2.95. The molecule has 1 aromatic carbocycles. The van der Waals surface area contributed by atoms with Crippen LogP contribution in [0.4, 0.5) is 10.1 Å². The van der Waals surface area contributed by atoms with Gasteiger partial charge >= 0.3 is 0 Å². The summed E-state index contributed by atoms with van der Waals surface area (Å²) in [5.41, 5.74) is 1.82. The molecular weight excluding hydrogens is 257 g/mol. The summed E-state index contributed by atoms with van der Waals surface area (Å²) in [6.07, 6.45) is 1.89. The second-order valence-corrected chi connectivity index (χ2v) is 5.45. The van der Waals surface area contributed by atoms with Crippen molar-refractivity contribution in [3.8, 4) is 0 Å². The molecule has 1 saturated heterocycles. The number of carbonyl (C=O) groups excluding carboxylic acids is 1. The number of amides is 1. The first-order valence-corrected chi connectivity index (χ1v) is 7.26. The zero-order valence-corrected chi connectivity index (χ0v) is 11.6. The molecule has 1 N–H and O–H groups in total. The molecule has 0 bridgehead atoms. The Kier molecular flexibility index (Phi) is 3.98. The number of hydrogen-bond donors (Lipinski definition) is 1. The molecule has 3 rings (SSSR count). The number of anilines is 1. The van der Waals surface area contributed by atoms with Crippen LogP contribution in [0.1, 0.15) is 12.0 Å². The maximum Gasteiger partial charge on any atom is 0.241 e. The van der Waals surface area contributed by atoms with Crippen LogP contribution in [-0.4, -0.2) is 50.1 Å². The van der Waals surface area contributed by atoms with E-state index in [-0.39, 0.29) is 11.7 Å². The highest BCUT2D eigenvalue weighted by atomic mass is 19.1. The molecule has 1 fully saturated rings. The minimum atomic E-state index is -0.276. The third-order valence-corrected chi connectivity index (χ3v) is 4.04. The highest BCUT2D eigenvalue weighted by Gasteiger charge is 2.26. The lowest BCUT2D eigenvalue weighted by Gasteiger charge is -2.23. The minimum Gasteiger partial charge on any atom is -0.315 e. The van der Waals surface area contributed by atoms with E-state index in [9.17, 15) is 9.18 Å². The average molecular weight is 277 g/mol. The van der Waals surface area contributed by atoms with Gasteiger partial charge in [-0.1, -0.05) is 6.07 Å². The van der Waals surface area contributed by atoms with Gasteiger partial charge in [-0.3, -0.25) is 9.69 Å². The van der Waals surface area contributed by atoms with Crippen molar-refractivity contribution in [2.75, 3.05) is 44.2 Å². The Balaban J connectivity index is 1.68. The first-order valence-electron chi connectivity index (χ1n) is 7.26. The van der Waals surface area contributed by atoms with Gasteiger partial charge in [-0.2, -0.15) is 0 Å². The van der Waals surface area contributed by atoms with Gasteiger partial charge in [-0.15, -0.1) is 0 Å². The number of fused-ring (bicyclic) bond motifs is 1. The van der Waals surface area contributed by atoms with E-state index < -0.39 is 0 Å². The molecule has 1 amide bonds. The zero-order valence-electron chi connectivity index (χ0n) is 11.6. The van der Waals surface area contributed by atoms with Gasteiger partial charge in [0.25, 0.3) is 0 Å². The van der Waals surface area contributed by atoms with E-state index >= 15 is 0 Å². The molecule has 0 atom stereocenters. The summed E-state index contributed by atoms with van der Waals surface area (Å²) in [4.78, 5) is 16.4. The average Bonchev–Trinajstić information content (AvgIpc) is 2.67. The molecule has 0 unspecified atom stereocenters. The Bertz CT molecular complexity index is 498. The summed E-state index contributed by atoms with van der Waals surface area (Å²) < 4.78 is 13.4. The smallest absolute Gasteiger partial charge is 0.241 e. The third-order valence-electron chi connectivity index (χ3n) is 4.04. The van der Waals surface area contributed by atoms with Gasteiger partial charge in [-0.05, 0) is 43.6 Å². The van der Waals surface area contributed by atoms with E-state index in [0.717, 1.165) is 50.3 Å². The lowest BCUT2D eigenvalue weighted by Crippen LogP contribution is -2.41. The highest BCUT2D eigenvalue weighted by Crippen LogP contribution is 2.28. The molecule has 0 radical (unpaired) electrons. The number of halogens is 1. The molecule has 2 aliphatic rings. The monoisotopic (exact) mass is 277 g/mol. The lowest BCUT2D eigenvalue weighted by molar-refractivity contribution is -0.119. The molecule has 0 spiro atoms. The van der Waals surface area contributed by atoms with Gasteiger partial charge in [0.1, 0.15) is 5.82 Å². The summed E-state index contributed by atoms with van der Waals surface area (Å²) in [6.45, 7) is 4.89. The fraction of sp³-hybridized carbons (Fsp3) is 0.533. The van der Waals surface area contributed by atoms with Crippen LogP contribution in [0.15, 0.2) is 18.2 Å². The Hall–Kier alpha value is -1.46. The maximum atomic E-state index is 13.4. The van der Waals surface area contributed by atoms with Crippen molar-refractivity contribution in [1.82, 2.24) is 10.2 Å². The van der Waals surface area contributed by atoms with E-state index in [1.165, 1.54) is 12.1 Å². The van der Waals surface area contributed by atoms with Crippen molar-refractivity contribution in [3.05, 3.63) is 29.6 Å². The van der Waals surface area contributed by atoms with Crippen LogP contribution in [0.25, 0.3) is 0 Å². The van der Waals surface area contributed by atoms with Crippen molar-refractivity contribution in [1.29, 1.82) is 0 Å². The number of nitrogens with zero attached hydrogens (tertiary/aromatic N) is 2. The second-order valence-electron chi connectivity index (χ2n) is 5.45. The fourth-order valence-electron chi connectivity index (χ4n) is 2.95. The number of rotatable bonds is 2. The molecule has 0 saturated carbocycles. The van der Waals surface area contributed by atoms with Crippen molar-refractivity contribution in [3.63, 3.8) is 0 Å². The largest absolute Gasteiger partial charge is 0.315 e. The zero-order chi connectivity index (χ0) is 13.9. The minimum absolute atomic E-state index is 0.0799. The summed E-state index contributed by atoms with van der Waals surface area (Å²) >= 11 is 0. The van der Waals surface area contributed by atoms with Crippen LogP contribution in [0.2, 0.25) is 0 Å². The van der Waals surface area contributed by atoms with E-state index in [1.807, 2.05) is 0 Å². The van der Waals surface area contributed by atoms with Crippen molar-refractivity contribution >= 4 is 11.6 Å². The molecule has 2 heterocycles. The number of hydrogen-bond acceptors (Lipinski definition) is 3. The van der Waals surface area contributed by atoms with Crippen molar-refractivity contribution < 1.29 is 9.18 Å². The first-order chi connectivity index (χ1) is 9.74. The topological polar surface area (TPSA) is 35.6 Å². The molecule has 20 heavy (non-hydrogen) atoms. The number of carbonyl (C=O) groups is 1. The van der Waals surface area contributed by atoms with Gasteiger partial charge in [0.2, 0.25) is 5.91 Å². The molecular formula is C15H20FN3O. The Morgan fingerprint density at radius 2 is 2.15 bits per heavy atom. The molecule has 2 aliphatic heterocycles. The predicted octanol–water partition coefficient (Wildman–Crippen LogP) is 1.01. The lowest BCUT2D eigenvalue weighted by atomic mass is 10.2. The standard InChI is InChI=1S/C15H20FN3O/c16-13-3-2-12-4-8-19(14(12)10-13)15(20)11-18-7-1-5-17-6-9-18/h2-3,10,17H,1,4-9,11H2. The Morgan fingerprint density at radius 1 is 1.25 bits per heavy atom. The van der Waals surface area contributed by atoms with Crippen LogP contribution in [0, 0.1) is 5.82 Å². The van der Waals surface area contributed by atoms with Crippen LogP contribution in [0.3, 0.4) is 0 Å².